The number of halogens is 1. The van der Waals surface area contributed by atoms with Crippen molar-refractivity contribution in [3.63, 3.8) is 0 Å². The smallest absolute Gasteiger partial charge is 0.244 e. The van der Waals surface area contributed by atoms with Gasteiger partial charge < -0.3 is 5.73 Å². The van der Waals surface area contributed by atoms with E-state index in [1.54, 1.807) is 20.0 Å². The van der Waals surface area contributed by atoms with Gasteiger partial charge >= 0.3 is 0 Å². The first-order valence-electron chi connectivity index (χ1n) is 5.68. The Bertz CT molecular complexity index is 541. The van der Waals surface area contributed by atoms with Crippen molar-refractivity contribution in [1.29, 1.82) is 0 Å². The zero-order valence-electron chi connectivity index (χ0n) is 11.1. The number of hydrogen-bond acceptors (Lipinski definition) is 3. The number of aryl methyl sites for hydroxylation is 1. The van der Waals surface area contributed by atoms with Crippen LogP contribution < -0.4 is 5.73 Å². The van der Waals surface area contributed by atoms with Crippen LogP contribution in [0.1, 0.15) is 19.4 Å². The van der Waals surface area contributed by atoms with Gasteiger partial charge in [0.15, 0.2) is 0 Å². The number of nitrogen functional groups attached to an aromatic ring is 1. The highest BCUT2D eigenvalue weighted by Crippen LogP contribution is 2.28. The van der Waals surface area contributed by atoms with E-state index in [1.807, 2.05) is 13.8 Å². The lowest BCUT2D eigenvalue weighted by atomic mass is 10.2. The Morgan fingerprint density at radius 2 is 1.94 bits per heavy atom. The SMILES string of the molecule is Cc1cc(Cl)c(S(=O)(=O)N(C)CC(C)C)cc1N. The Kier molecular flexibility index (Phi) is 4.64. The monoisotopic (exact) mass is 290 g/mol. The molecule has 0 atom stereocenters. The van der Waals surface area contributed by atoms with Gasteiger partial charge in [0, 0.05) is 19.3 Å². The maximum Gasteiger partial charge on any atom is 0.244 e. The molecule has 0 radical (unpaired) electrons. The zero-order valence-corrected chi connectivity index (χ0v) is 12.6. The van der Waals surface area contributed by atoms with Gasteiger partial charge in [0.1, 0.15) is 4.90 Å². The summed E-state index contributed by atoms with van der Waals surface area (Å²) in [6.45, 7) is 6.14. The van der Waals surface area contributed by atoms with Crippen molar-refractivity contribution < 1.29 is 8.42 Å². The minimum atomic E-state index is -3.58. The van der Waals surface area contributed by atoms with Crippen molar-refractivity contribution in [1.82, 2.24) is 4.31 Å². The maximum atomic E-state index is 12.3. The molecule has 0 bridgehead atoms. The molecule has 2 N–H and O–H groups in total. The van der Waals surface area contributed by atoms with Crippen LogP contribution in [-0.2, 0) is 10.0 Å². The number of rotatable bonds is 4. The van der Waals surface area contributed by atoms with Crippen LogP contribution in [0.4, 0.5) is 5.69 Å². The third-order valence-corrected chi connectivity index (χ3v) is 4.92. The Hall–Kier alpha value is -0.780. The molecule has 6 heteroatoms. The van der Waals surface area contributed by atoms with Crippen LogP contribution in [0.3, 0.4) is 0 Å². The molecule has 102 valence electrons. The van der Waals surface area contributed by atoms with Gasteiger partial charge in [-0.05, 0) is 30.5 Å². The van der Waals surface area contributed by atoms with E-state index in [2.05, 4.69) is 0 Å². The molecule has 18 heavy (non-hydrogen) atoms. The molecule has 4 nitrogen and oxygen atoms in total. The number of anilines is 1. The second kappa shape index (κ2) is 5.47. The summed E-state index contributed by atoms with van der Waals surface area (Å²) in [5, 5.41) is 0.206. The normalized spacial score (nSPS) is 12.4. The first-order chi connectivity index (χ1) is 8.16. The highest BCUT2D eigenvalue weighted by Gasteiger charge is 2.24. The molecular formula is C12H19ClN2O2S. The molecule has 0 saturated heterocycles. The second-order valence-corrected chi connectivity index (χ2v) is 7.24. The van der Waals surface area contributed by atoms with E-state index in [1.165, 1.54) is 10.4 Å². The number of nitrogens with two attached hydrogens (primary N) is 1. The predicted molar refractivity (Wildman–Crippen MR) is 75.3 cm³/mol. The molecule has 1 aromatic carbocycles. The van der Waals surface area contributed by atoms with E-state index in [-0.39, 0.29) is 15.8 Å². The van der Waals surface area contributed by atoms with Crippen LogP contribution in [-0.4, -0.2) is 26.3 Å². The summed E-state index contributed by atoms with van der Waals surface area (Å²) in [4.78, 5) is 0.0652. The van der Waals surface area contributed by atoms with Crippen molar-refractivity contribution in [2.75, 3.05) is 19.3 Å². The number of nitrogens with zero attached hydrogens (tertiary/aromatic N) is 1. The van der Waals surface area contributed by atoms with E-state index >= 15 is 0 Å². The van der Waals surface area contributed by atoms with Crippen LogP contribution in [0.15, 0.2) is 17.0 Å². The number of hydrogen-bond donors (Lipinski definition) is 1. The van der Waals surface area contributed by atoms with E-state index in [9.17, 15) is 8.42 Å². The molecule has 0 fully saturated rings. The molecule has 0 aliphatic carbocycles. The lowest BCUT2D eigenvalue weighted by molar-refractivity contribution is 0.417. The zero-order chi connectivity index (χ0) is 14.1. The van der Waals surface area contributed by atoms with Crippen molar-refractivity contribution in [3.05, 3.63) is 22.7 Å². The quantitative estimate of drug-likeness (QED) is 0.867. The largest absolute Gasteiger partial charge is 0.398 e. The Balaban J connectivity index is 3.24. The molecular weight excluding hydrogens is 272 g/mol. The molecule has 1 rings (SSSR count). The van der Waals surface area contributed by atoms with Crippen LogP contribution in [0, 0.1) is 12.8 Å². The van der Waals surface area contributed by atoms with Crippen LogP contribution in [0.25, 0.3) is 0 Å². The molecule has 0 aliphatic heterocycles. The van der Waals surface area contributed by atoms with Crippen LogP contribution >= 0.6 is 11.6 Å². The van der Waals surface area contributed by atoms with Crippen LogP contribution in [0.5, 0.6) is 0 Å². The third kappa shape index (κ3) is 3.16. The highest BCUT2D eigenvalue weighted by molar-refractivity contribution is 7.89. The van der Waals surface area contributed by atoms with Crippen molar-refractivity contribution in [2.24, 2.45) is 5.92 Å². The summed E-state index contributed by atoms with van der Waals surface area (Å²) >= 11 is 6.01. The van der Waals surface area contributed by atoms with Gasteiger partial charge in [0.05, 0.1) is 5.02 Å². The lowest BCUT2D eigenvalue weighted by Crippen LogP contribution is -2.30. The van der Waals surface area contributed by atoms with Gasteiger partial charge in [-0.1, -0.05) is 25.4 Å². The molecule has 0 aliphatic rings. The van der Waals surface area contributed by atoms with Crippen molar-refractivity contribution in [3.8, 4) is 0 Å². The first kappa shape index (κ1) is 15.3. The molecule has 0 heterocycles. The molecule has 1 aromatic rings. The fourth-order valence-corrected chi connectivity index (χ4v) is 3.57. The molecule has 0 unspecified atom stereocenters. The minimum Gasteiger partial charge on any atom is -0.398 e. The lowest BCUT2D eigenvalue weighted by Gasteiger charge is -2.20. The fourth-order valence-electron chi connectivity index (χ4n) is 1.65. The van der Waals surface area contributed by atoms with Crippen molar-refractivity contribution >= 4 is 27.3 Å². The average Bonchev–Trinajstić information content (AvgIpc) is 2.22. The third-order valence-electron chi connectivity index (χ3n) is 2.63. The van der Waals surface area contributed by atoms with Crippen LogP contribution in [0.2, 0.25) is 5.02 Å². The second-order valence-electron chi connectivity index (χ2n) is 4.82. The van der Waals surface area contributed by atoms with Crippen molar-refractivity contribution in [2.45, 2.75) is 25.7 Å². The number of sulfonamides is 1. The molecule has 0 amide bonds. The van der Waals surface area contributed by atoms with Gasteiger partial charge in [-0.2, -0.15) is 0 Å². The van der Waals surface area contributed by atoms with Gasteiger partial charge in [0.25, 0.3) is 0 Å². The predicted octanol–water partition coefficient (Wildman–Crippen LogP) is 2.51. The summed E-state index contributed by atoms with van der Waals surface area (Å²) in [5.74, 6) is 0.242. The Morgan fingerprint density at radius 1 is 1.39 bits per heavy atom. The van der Waals surface area contributed by atoms with Gasteiger partial charge in [-0.15, -0.1) is 0 Å². The topological polar surface area (TPSA) is 63.4 Å². The summed E-state index contributed by atoms with van der Waals surface area (Å²) in [6.07, 6.45) is 0. The van der Waals surface area contributed by atoms with Gasteiger partial charge in [0.2, 0.25) is 10.0 Å². The van der Waals surface area contributed by atoms with E-state index in [4.69, 9.17) is 17.3 Å². The standard InChI is InChI=1S/C12H19ClN2O2S/c1-8(2)7-15(4)18(16,17)12-6-11(14)9(3)5-10(12)13/h5-6,8H,7,14H2,1-4H3. The molecule has 0 spiro atoms. The minimum absolute atomic E-state index is 0.0652. The van der Waals surface area contributed by atoms with E-state index in [0.717, 1.165) is 5.56 Å². The summed E-state index contributed by atoms with van der Waals surface area (Å²) in [6, 6.07) is 3.00. The summed E-state index contributed by atoms with van der Waals surface area (Å²) < 4.78 is 26.0. The Morgan fingerprint density at radius 3 is 2.44 bits per heavy atom. The van der Waals surface area contributed by atoms with E-state index < -0.39 is 10.0 Å². The molecule has 0 aromatic heterocycles. The first-order valence-corrected chi connectivity index (χ1v) is 7.50. The van der Waals surface area contributed by atoms with Gasteiger partial charge in [-0.25, -0.2) is 12.7 Å². The average molecular weight is 291 g/mol. The Labute approximate surface area is 114 Å². The molecule has 0 saturated carbocycles. The highest BCUT2D eigenvalue weighted by atomic mass is 35.5. The summed E-state index contributed by atoms with van der Waals surface area (Å²) in [5.41, 5.74) is 6.94. The summed E-state index contributed by atoms with van der Waals surface area (Å²) in [7, 11) is -2.04. The van der Waals surface area contributed by atoms with Gasteiger partial charge in [-0.3, -0.25) is 0 Å². The van der Waals surface area contributed by atoms with E-state index in [0.29, 0.717) is 12.2 Å². The maximum absolute atomic E-state index is 12.3. The fraction of sp³-hybridized carbons (Fsp3) is 0.500. The number of benzene rings is 1.